The molecule has 0 atom stereocenters. The number of fused-ring (bicyclic) bond motifs is 1. The van der Waals surface area contributed by atoms with E-state index < -0.39 is 0 Å². The number of benzene rings is 2. The van der Waals surface area contributed by atoms with Crippen LogP contribution in [0.25, 0.3) is 5.70 Å². The van der Waals surface area contributed by atoms with Crippen molar-refractivity contribution in [2.75, 3.05) is 26.3 Å². The van der Waals surface area contributed by atoms with Gasteiger partial charge in [0.15, 0.2) is 0 Å². The van der Waals surface area contributed by atoms with Crippen molar-refractivity contribution in [1.29, 1.82) is 0 Å². The lowest BCUT2D eigenvalue weighted by Crippen LogP contribution is -2.47. The van der Waals surface area contributed by atoms with E-state index in [2.05, 4.69) is 24.0 Å². The molecule has 2 aliphatic heterocycles. The second-order valence-electron chi connectivity index (χ2n) is 7.42. The average molecular weight is 376 g/mol. The van der Waals surface area contributed by atoms with Crippen molar-refractivity contribution in [2.24, 2.45) is 0 Å². The number of carbonyl (C=O) groups is 2. The Labute approximate surface area is 165 Å². The summed E-state index contributed by atoms with van der Waals surface area (Å²) < 4.78 is 5.55. The molecule has 5 heteroatoms. The number of hydrogen-bond acceptors (Lipinski definition) is 3. The van der Waals surface area contributed by atoms with Crippen LogP contribution in [0.5, 0.6) is 0 Å². The molecule has 0 bridgehead atoms. The first-order valence-corrected chi connectivity index (χ1v) is 9.61. The van der Waals surface area contributed by atoms with Crippen molar-refractivity contribution < 1.29 is 14.3 Å². The highest BCUT2D eigenvalue weighted by atomic mass is 16.5. The number of carbonyl (C=O) groups excluding carboxylic acids is 2. The first-order chi connectivity index (χ1) is 13.6. The highest BCUT2D eigenvalue weighted by Crippen LogP contribution is 2.34. The molecule has 2 aliphatic rings. The van der Waals surface area contributed by atoms with E-state index in [1.165, 1.54) is 10.5 Å². The van der Waals surface area contributed by atoms with E-state index in [9.17, 15) is 9.59 Å². The smallest absolute Gasteiger partial charge is 0.259 e. The number of rotatable bonds is 5. The summed E-state index contributed by atoms with van der Waals surface area (Å²) in [6.45, 7) is 5.87. The van der Waals surface area contributed by atoms with E-state index >= 15 is 0 Å². The third-order valence-electron chi connectivity index (χ3n) is 5.80. The Hall–Kier alpha value is -2.92. The van der Waals surface area contributed by atoms with Crippen LogP contribution in [-0.2, 0) is 14.9 Å². The van der Waals surface area contributed by atoms with Gasteiger partial charge in [-0.25, -0.2) is 0 Å². The molecule has 2 amide bonds. The molecule has 2 heterocycles. The van der Waals surface area contributed by atoms with Gasteiger partial charge < -0.3 is 10.1 Å². The summed E-state index contributed by atoms with van der Waals surface area (Å²) >= 11 is 0. The van der Waals surface area contributed by atoms with Gasteiger partial charge in [0.2, 0.25) is 5.91 Å². The van der Waals surface area contributed by atoms with Gasteiger partial charge in [-0.05, 0) is 24.5 Å². The second-order valence-corrected chi connectivity index (χ2v) is 7.42. The van der Waals surface area contributed by atoms with Crippen molar-refractivity contribution in [2.45, 2.75) is 18.3 Å². The third-order valence-corrected chi connectivity index (χ3v) is 5.80. The Morgan fingerprint density at radius 1 is 1.04 bits per heavy atom. The second kappa shape index (κ2) is 7.60. The molecule has 2 aromatic rings. The van der Waals surface area contributed by atoms with Crippen LogP contribution in [0.1, 0.15) is 34.3 Å². The van der Waals surface area contributed by atoms with Crippen LogP contribution in [0.15, 0.2) is 61.2 Å². The molecular formula is C23H24N2O3. The maximum Gasteiger partial charge on any atom is 0.259 e. The van der Waals surface area contributed by atoms with Crippen LogP contribution < -0.4 is 5.32 Å². The van der Waals surface area contributed by atoms with Gasteiger partial charge in [0.1, 0.15) is 6.54 Å². The zero-order chi connectivity index (χ0) is 19.6. The lowest BCUT2D eigenvalue weighted by Gasteiger charge is -2.38. The van der Waals surface area contributed by atoms with Crippen LogP contribution in [0.4, 0.5) is 0 Å². The topological polar surface area (TPSA) is 58.6 Å². The predicted octanol–water partition coefficient (Wildman–Crippen LogP) is 2.98. The van der Waals surface area contributed by atoms with Gasteiger partial charge in [0.25, 0.3) is 5.91 Å². The van der Waals surface area contributed by atoms with Crippen molar-refractivity contribution >= 4 is 17.5 Å². The fourth-order valence-corrected chi connectivity index (χ4v) is 4.09. The summed E-state index contributed by atoms with van der Waals surface area (Å²) in [5, 5.41) is 3.06. The molecule has 0 aromatic heterocycles. The first kappa shape index (κ1) is 18.4. The molecule has 2 aromatic carbocycles. The van der Waals surface area contributed by atoms with Crippen LogP contribution >= 0.6 is 0 Å². The van der Waals surface area contributed by atoms with E-state index in [4.69, 9.17) is 4.74 Å². The fourth-order valence-electron chi connectivity index (χ4n) is 4.09. The van der Waals surface area contributed by atoms with Gasteiger partial charge in [-0.1, -0.05) is 55.1 Å². The molecule has 0 unspecified atom stereocenters. The monoisotopic (exact) mass is 376 g/mol. The van der Waals surface area contributed by atoms with Gasteiger partial charge >= 0.3 is 0 Å². The summed E-state index contributed by atoms with van der Waals surface area (Å²) in [7, 11) is 0. The minimum Gasteiger partial charge on any atom is -0.381 e. The number of ether oxygens (including phenoxy) is 1. The molecule has 1 fully saturated rings. The molecule has 0 spiro atoms. The molecule has 1 saturated heterocycles. The van der Waals surface area contributed by atoms with Crippen LogP contribution in [0.3, 0.4) is 0 Å². The standard InChI is InChI=1S/C23H24N2O3/c1-17-19-9-5-6-10-20(19)22(27)25(17)15-21(26)24-16-23(11-13-28-14-12-23)18-7-3-2-4-8-18/h2-10H,1,11-16H2,(H,24,26). The van der Waals surface area contributed by atoms with Crippen molar-refractivity contribution in [3.63, 3.8) is 0 Å². The molecule has 0 saturated carbocycles. The lowest BCUT2D eigenvalue weighted by molar-refractivity contribution is -0.121. The van der Waals surface area contributed by atoms with Gasteiger partial charge in [-0.15, -0.1) is 0 Å². The Morgan fingerprint density at radius 3 is 2.36 bits per heavy atom. The summed E-state index contributed by atoms with van der Waals surface area (Å²) in [4.78, 5) is 26.7. The molecule has 0 radical (unpaired) electrons. The van der Waals surface area contributed by atoms with E-state index in [-0.39, 0.29) is 23.8 Å². The number of hydrogen-bond donors (Lipinski definition) is 1. The van der Waals surface area contributed by atoms with Crippen molar-refractivity contribution in [3.05, 3.63) is 77.9 Å². The molecule has 5 nitrogen and oxygen atoms in total. The van der Waals surface area contributed by atoms with E-state index in [0.29, 0.717) is 31.0 Å². The average Bonchev–Trinajstić information content (AvgIpc) is 2.99. The molecule has 144 valence electrons. The molecule has 28 heavy (non-hydrogen) atoms. The fraction of sp³-hybridized carbons (Fsp3) is 0.304. The van der Waals surface area contributed by atoms with Gasteiger partial charge in [-0.2, -0.15) is 0 Å². The Morgan fingerprint density at radius 2 is 1.68 bits per heavy atom. The SMILES string of the molecule is C=C1c2ccccc2C(=O)N1CC(=O)NCC1(c2ccccc2)CCOCC1. The predicted molar refractivity (Wildman–Crippen MR) is 108 cm³/mol. The molecule has 0 aliphatic carbocycles. The third kappa shape index (κ3) is 3.34. The number of amides is 2. The lowest BCUT2D eigenvalue weighted by atomic mass is 9.74. The zero-order valence-corrected chi connectivity index (χ0v) is 15.8. The van der Waals surface area contributed by atoms with Crippen LogP contribution in [-0.4, -0.2) is 43.0 Å². The Balaban J connectivity index is 1.44. The van der Waals surface area contributed by atoms with Crippen LogP contribution in [0.2, 0.25) is 0 Å². The van der Waals surface area contributed by atoms with E-state index in [0.717, 1.165) is 18.4 Å². The summed E-state index contributed by atoms with van der Waals surface area (Å²) in [5.41, 5.74) is 3.06. The summed E-state index contributed by atoms with van der Waals surface area (Å²) in [6.07, 6.45) is 1.72. The molecule has 4 rings (SSSR count). The van der Waals surface area contributed by atoms with Crippen molar-refractivity contribution in [1.82, 2.24) is 10.2 Å². The van der Waals surface area contributed by atoms with Gasteiger partial charge in [0.05, 0.1) is 0 Å². The summed E-state index contributed by atoms with van der Waals surface area (Å²) in [6, 6.07) is 17.6. The molecule has 1 N–H and O–H groups in total. The number of nitrogens with one attached hydrogen (secondary N) is 1. The Kier molecular flexibility index (Phi) is 5.01. The highest BCUT2D eigenvalue weighted by molar-refractivity contribution is 6.10. The highest BCUT2D eigenvalue weighted by Gasteiger charge is 2.36. The normalized spacial score (nSPS) is 18.1. The first-order valence-electron chi connectivity index (χ1n) is 9.61. The molecular weight excluding hydrogens is 352 g/mol. The quantitative estimate of drug-likeness (QED) is 0.873. The zero-order valence-electron chi connectivity index (χ0n) is 15.8. The van der Waals surface area contributed by atoms with Gasteiger partial charge in [0, 0.05) is 42.0 Å². The Bertz CT molecular complexity index is 866. The van der Waals surface area contributed by atoms with Crippen LogP contribution in [0, 0.1) is 0 Å². The van der Waals surface area contributed by atoms with Crippen molar-refractivity contribution in [3.8, 4) is 0 Å². The maximum atomic E-state index is 12.7. The minimum atomic E-state index is -0.177. The number of nitrogens with zero attached hydrogens (tertiary/aromatic N) is 1. The minimum absolute atomic E-state index is 0.0201. The summed E-state index contributed by atoms with van der Waals surface area (Å²) in [5.74, 6) is -0.344. The van der Waals surface area contributed by atoms with Gasteiger partial charge in [-0.3, -0.25) is 14.5 Å². The van der Waals surface area contributed by atoms with E-state index in [1.807, 2.05) is 36.4 Å². The van der Waals surface area contributed by atoms with E-state index in [1.54, 1.807) is 6.07 Å². The largest absolute Gasteiger partial charge is 0.381 e. The maximum absolute atomic E-state index is 12.7.